The van der Waals surface area contributed by atoms with Crippen LogP contribution in [0.1, 0.15) is 47.1 Å². The minimum absolute atomic E-state index is 0.156. The lowest BCUT2D eigenvalue weighted by molar-refractivity contribution is 0.499. The summed E-state index contributed by atoms with van der Waals surface area (Å²) in [6.45, 7) is 2.46. The zero-order chi connectivity index (χ0) is 30.4. The van der Waals surface area contributed by atoms with E-state index in [0.717, 1.165) is 24.0 Å². The maximum Gasteiger partial charge on any atom is 0.136 e. The fourth-order valence-electron chi connectivity index (χ4n) is 8.75. The lowest BCUT2D eigenvalue weighted by atomic mass is 9.58. The van der Waals surface area contributed by atoms with Gasteiger partial charge in [0.15, 0.2) is 0 Å². The summed E-state index contributed by atoms with van der Waals surface area (Å²) >= 11 is 0. The third kappa shape index (κ3) is 3.52. The number of benzene rings is 6. The zero-order valence-corrected chi connectivity index (χ0v) is 25.8. The molecular weight excluding hydrogens is 556 g/mol. The second kappa shape index (κ2) is 9.55. The molecule has 218 valence electrons. The molecule has 1 aromatic heterocycles. The summed E-state index contributed by atoms with van der Waals surface area (Å²) in [4.78, 5) is 0. The Hall–Kier alpha value is -5.40. The fraction of sp³-hybridized carbons (Fsp3) is 0.111. The van der Waals surface area contributed by atoms with Gasteiger partial charge in [-0.25, -0.2) is 0 Å². The first kappa shape index (κ1) is 25.9. The molecular formula is C45H32O. The second-order valence-electron chi connectivity index (χ2n) is 13.3. The van der Waals surface area contributed by atoms with Gasteiger partial charge in [-0.15, -0.1) is 0 Å². The fourth-order valence-corrected chi connectivity index (χ4v) is 8.75. The predicted molar refractivity (Wildman–Crippen MR) is 194 cm³/mol. The van der Waals surface area contributed by atoms with Crippen molar-refractivity contribution in [3.05, 3.63) is 167 Å². The van der Waals surface area contributed by atoms with E-state index in [0.29, 0.717) is 0 Å². The lowest BCUT2D eigenvalue weighted by Crippen LogP contribution is -2.35. The van der Waals surface area contributed by atoms with Crippen molar-refractivity contribution in [2.75, 3.05) is 0 Å². The molecule has 1 nitrogen and oxygen atoms in total. The topological polar surface area (TPSA) is 13.1 Å². The Morgan fingerprint density at radius 2 is 1.48 bits per heavy atom. The van der Waals surface area contributed by atoms with E-state index in [4.69, 9.17) is 4.42 Å². The number of hydrogen-bond acceptors (Lipinski definition) is 1. The van der Waals surface area contributed by atoms with Crippen molar-refractivity contribution in [2.24, 2.45) is 0 Å². The van der Waals surface area contributed by atoms with Crippen molar-refractivity contribution >= 4 is 55.6 Å². The van der Waals surface area contributed by atoms with E-state index in [1.807, 2.05) is 0 Å². The molecule has 0 saturated heterocycles. The molecule has 3 aliphatic rings. The van der Waals surface area contributed by atoms with E-state index in [1.54, 1.807) is 0 Å². The minimum Gasteiger partial charge on any atom is -0.456 e. The maximum atomic E-state index is 6.41. The quantitative estimate of drug-likeness (QED) is 0.196. The minimum atomic E-state index is -0.156. The standard InChI is InChI=1S/C45H32O/c1-45-32(23-21-28-11-4-9-19-39(28)45)14-10-20-40(45)44-35-17-7-5-15-33(35)43(34-16-6-8-18-36(34)44)31-22-24-41-37(26-31)38-25-29-12-2-3-13-30(29)27-42(38)46-41/h2-7,9-17,19-27,40H,8,18H2,1H3. The smallest absolute Gasteiger partial charge is 0.136 e. The van der Waals surface area contributed by atoms with Gasteiger partial charge in [0.2, 0.25) is 0 Å². The van der Waals surface area contributed by atoms with Crippen LogP contribution in [0.5, 0.6) is 0 Å². The summed E-state index contributed by atoms with van der Waals surface area (Å²) in [6, 6.07) is 37.9. The summed E-state index contributed by atoms with van der Waals surface area (Å²) in [5.41, 5.74) is 12.7. The average molecular weight is 589 g/mol. The number of fused-ring (bicyclic) bond motifs is 9. The first-order valence-corrected chi connectivity index (χ1v) is 16.4. The van der Waals surface area contributed by atoms with Gasteiger partial charge in [0.05, 0.1) is 0 Å². The van der Waals surface area contributed by atoms with Crippen molar-refractivity contribution in [3.8, 4) is 11.1 Å². The first-order valence-electron chi connectivity index (χ1n) is 16.4. The van der Waals surface area contributed by atoms with Crippen LogP contribution >= 0.6 is 0 Å². The van der Waals surface area contributed by atoms with Crippen molar-refractivity contribution in [3.63, 3.8) is 0 Å². The molecule has 2 atom stereocenters. The Kier molecular flexibility index (Phi) is 5.37. The van der Waals surface area contributed by atoms with Crippen LogP contribution in [-0.4, -0.2) is 0 Å². The van der Waals surface area contributed by atoms with Crippen LogP contribution in [0.4, 0.5) is 0 Å². The zero-order valence-electron chi connectivity index (χ0n) is 25.8. The summed E-state index contributed by atoms with van der Waals surface area (Å²) in [5.74, 6) is 0.214. The molecule has 0 N–H and O–H groups in total. The highest BCUT2D eigenvalue weighted by Gasteiger charge is 2.43. The molecule has 0 saturated carbocycles. The highest BCUT2D eigenvalue weighted by molar-refractivity contribution is 6.12. The van der Waals surface area contributed by atoms with E-state index in [1.165, 1.54) is 76.8 Å². The molecule has 6 aromatic carbocycles. The maximum absolute atomic E-state index is 6.41. The molecule has 0 amide bonds. The third-order valence-corrected chi connectivity index (χ3v) is 11.0. The Morgan fingerprint density at radius 1 is 0.696 bits per heavy atom. The van der Waals surface area contributed by atoms with Crippen LogP contribution in [-0.2, 0) is 11.8 Å². The third-order valence-electron chi connectivity index (χ3n) is 11.0. The molecule has 46 heavy (non-hydrogen) atoms. The van der Waals surface area contributed by atoms with Crippen molar-refractivity contribution in [1.29, 1.82) is 0 Å². The summed E-state index contributed by atoms with van der Waals surface area (Å²) in [7, 11) is 0. The van der Waals surface area contributed by atoms with Crippen molar-refractivity contribution in [2.45, 2.75) is 31.1 Å². The van der Waals surface area contributed by atoms with E-state index >= 15 is 0 Å². The normalized spacial score (nSPS) is 19.8. The van der Waals surface area contributed by atoms with Gasteiger partial charge in [0.25, 0.3) is 0 Å². The Labute approximate surface area is 268 Å². The average Bonchev–Trinajstić information content (AvgIpc) is 3.46. The van der Waals surface area contributed by atoms with Crippen LogP contribution in [0.25, 0.3) is 66.8 Å². The predicted octanol–water partition coefficient (Wildman–Crippen LogP) is 12.1. The molecule has 0 bridgehead atoms. The molecule has 3 aliphatic carbocycles. The summed E-state index contributed by atoms with van der Waals surface area (Å²) in [6.07, 6.45) is 18.6. The second-order valence-corrected chi connectivity index (χ2v) is 13.3. The number of rotatable bonds is 2. The summed E-state index contributed by atoms with van der Waals surface area (Å²) < 4.78 is 6.41. The molecule has 1 heterocycles. The van der Waals surface area contributed by atoms with Gasteiger partial charge in [-0.3, -0.25) is 0 Å². The first-order chi connectivity index (χ1) is 22.7. The van der Waals surface area contributed by atoms with Crippen molar-refractivity contribution < 1.29 is 4.42 Å². The van der Waals surface area contributed by atoms with Crippen LogP contribution in [0.15, 0.2) is 143 Å². The van der Waals surface area contributed by atoms with E-state index < -0.39 is 0 Å². The lowest BCUT2D eigenvalue weighted by Gasteiger charge is -2.44. The Balaban J connectivity index is 1.25. The highest BCUT2D eigenvalue weighted by Crippen LogP contribution is 2.55. The van der Waals surface area contributed by atoms with Gasteiger partial charge in [-0.05, 0) is 103 Å². The van der Waals surface area contributed by atoms with Gasteiger partial charge in [0.1, 0.15) is 11.2 Å². The molecule has 1 heteroatoms. The number of hydrogen-bond donors (Lipinski definition) is 0. The number of furan rings is 1. The van der Waals surface area contributed by atoms with Gasteiger partial charge >= 0.3 is 0 Å². The molecule has 0 fully saturated rings. The van der Waals surface area contributed by atoms with Crippen molar-refractivity contribution in [1.82, 2.24) is 0 Å². The molecule has 0 radical (unpaired) electrons. The molecule has 2 unspecified atom stereocenters. The van der Waals surface area contributed by atoms with Gasteiger partial charge in [-0.1, -0.05) is 128 Å². The van der Waals surface area contributed by atoms with Crippen LogP contribution < -0.4 is 0 Å². The Bertz CT molecular complexity index is 2550. The van der Waals surface area contributed by atoms with E-state index in [2.05, 4.69) is 153 Å². The van der Waals surface area contributed by atoms with E-state index in [-0.39, 0.29) is 11.3 Å². The Morgan fingerprint density at radius 3 is 2.39 bits per heavy atom. The van der Waals surface area contributed by atoms with Crippen LogP contribution in [0.2, 0.25) is 0 Å². The van der Waals surface area contributed by atoms with Crippen LogP contribution in [0.3, 0.4) is 0 Å². The molecule has 0 spiro atoms. The largest absolute Gasteiger partial charge is 0.456 e. The van der Waals surface area contributed by atoms with E-state index in [9.17, 15) is 0 Å². The molecule has 10 rings (SSSR count). The SMILES string of the molecule is CC12C(=CC=CC1c1c3c(c(-c4ccc5oc6cc7ccccc7cc6c5c4)c4ccccc14)C=CCC3)C=Cc1ccccc12. The highest BCUT2D eigenvalue weighted by atomic mass is 16.3. The van der Waals surface area contributed by atoms with Gasteiger partial charge < -0.3 is 4.42 Å². The molecule has 7 aromatic rings. The number of allylic oxidation sites excluding steroid dienone is 6. The van der Waals surface area contributed by atoms with Crippen LogP contribution in [0, 0.1) is 0 Å². The molecule has 0 aliphatic heterocycles. The monoisotopic (exact) mass is 588 g/mol. The van der Waals surface area contributed by atoms with Gasteiger partial charge in [-0.2, -0.15) is 0 Å². The summed E-state index contributed by atoms with van der Waals surface area (Å²) in [5, 5.41) is 7.45. The van der Waals surface area contributed by atoms with Gasteiger partial charge in [0, 0.05) is 22.1 Å².